The number of nitrogens with zero attached hydrogens (tertiary/aromatic N) is 2. The van der Waals surface area contributed by atoms with Gasteiger partial charge in [-0.05, 0) is 6.07 Å². The maximum atomic E-state index is 12.6. The summed E-state index contributed by atoms with van der Waals surface area (Å²) < 4.78 is 43.2. The van der Waals surface area contributed by atoms with E-state index in [0.29, 0.717) is 0 Å². The molecule has 8 nitrogen and oxygen atoms in total. The smallest absolute Gasteiger partial charge is 0.416 e. The lowest BCUT2D eigenvalue weighted by Gasteiger charge is -2.38. The first-order chi connectivity index (χ1) is 11.7. The molecule has 3 heterocycles. The second-order valence-electron chi connectivity index (χ2n) is 5.33. The van der Waals surface area contributed by atoms with Crippen molar-refractivity contribution in [2.45, 2.75) is 12.3 Å². The summed E-state index contributed by atoms with van der Waals surface area (Å²) in [4.78, 5) is 43.6. The van der Waals surface area contributed by atoms with Gasteiger partial charge in [0, 0.05) is 18.3 Å². The highest BCUT2D eigenvalue weighted by Crippen LogP contribution is 2.31. The third kappa shape index (κ3) is 3.70. The molecule has 1 amide bonds. The summed E-state index contributed by atoms with van der Waals surface area (Å²) in [6.07, 6.45) is -4.05. The van der Waals surface area contributed by atoms with Crippen molar-refractivity contribution in [3.63, 3.8) is 0 Å². The topological polar surface area (TPSA) is 108 Å². The number of carbonyl (C=O) groups is 1. The average Bonchev–Trinajstić information content (AvgIpc) is 2.48. The standard InChI is InChI=1S/C14H11F3N4O4/c15-14(16,17)7-1-2-18-11(3-7)25-8-5-21(6-8)12(23)9-4-10(22)20-13(24)19-9/h1-4,8H,5-6H2,(H2,19,20,22,24). The molecule has 1 aliphatic rings. The molecule has 11 heteroatoms. The molecular formula is C14H11F3N4O4. The van der Waals surface area contributed by atoms with Crippen LogP contribution >= 0.6 is 0 Å². The van der Waals surface area contributed by atoms with E-state index in [-0.39, 0.29) is 24.7 Å². The van der Waals surface area contributed by atoms with E-state index in [1.54, 1.807) is 0 Å². The lowest BCUT2D eigenvalue weighted by molar-refractivity contribution is -0.137. The Kier molecular flexibility index (Phi) is 4.07. The number of amides is 1. The minimum Gasteiger partial charge on any atom is -0.471 e. The number of ether oxygens (including phenoxy) is 1. The fourth-order valence-corrected chi connectivity index (χ4v) is 2.25. The first-order valence-corrected chi connectivity index (χ1v) is 7.05. The third-order valence-corrected chi connectivity index (χ3v) is 3.48. The molecule has 1 saturated heterocycles. The van der Waals surface area contributed by atoms with Crippen molar-refractivity contribution in [2.24, 2.45) is 0 Å². The zero-order valence-electron chi connectivity index (χ0n) is 12.5. The molecule has 2 N–H and O–H groups in total. The van der Waals surface area contributed by atoms with Crippen molar-refractivity contribution < 1.29 is 22.7 Å². The largest absolute Gasteiger partial charge is 0.471 e. The Labute approximate surface area is 137 Å². The highest BCUT2D eigenvalue weighted by atomic mass is 19.4. The number of rotatable bonds is 3. The summed E-state index contributed by atoms with van der Waals surface area (Å²) in [5, 5.41) is 0. The first-order valence-electron chi connectivity index (χ1n) is 7.05. The molecule has 2 aromatic heterocycles. The zero-order chi connectivity index (χ0) is 18.2. The second-order valence-corrected chi connectivity index (χ2v) is 5.33. The summed E-state index contributed by atoms with van der Waals surface area (Å²) in [6.45, 7) is 0.178. The van der Waals surface area contributed by atoms with Gasteiger partial charge in [-0.3, -0.25) is 14.6 Å². The predicted molar refractivity (Wildman–Crippen MR) is 77.2 cm³/mol. The maximum Gasteiger partial charge on any atom is 0.416 e. The van der Waals surface area contributed by atoms with Crippen molar-refractivity contribution >= 4 is 5.91 Å². The number of likely N-dealkylation sites (tertiary alicyclic amines) is 1. The van der Waals surface area contributed by atoms with E-state index in [0.717, 1.165) is 24.4 Å². The molecule has 0 aromatic carbocycles. The van der Waals surface area contributed by atoms with Crippen LogP contribution in [0.3, 0.4) is 0 Å². The normalized spacial score (nSPS) is 14.9. The van der Waals surface area contributed by atoms with Crippen molar-refractivity contribution in [1.29, 1.82) is 0 Å². The van der Waals surface area contributed by atoms with Gasteiger partial charge in [0.15, 0.2) is 0 Å². The quantitative estimate of drug-likeness (QED) is 0.827. The number of hydrogen-bond acceptors (Lipinski definition) is 5. The molecule has 0 aliphatic carbocycles. The molecule has 0 atom stereocenters. The van der Waals surface area contributed by atoms with Crippen LogP contribution < -0.4 is 16.0 Å². The number of aromatic amines is 2. The Morgan fingerprint density at radius 1 is 1.24 bits per heavy atom. The van der Waals surface area contributed by atoms with Crippen LogP contribution in [0.1, 0.15) is 16.1 Å². The SMILES string of the molecule is O=C(c1cc(=O)[nH]c(=O)[nH]1)N1CC(Oc2cc(C(F)(F)F)ccn2)C1. The highest BCUT2D eigenvalue weighted by Gasteiger charge is 2.35. The van der Waals surface area contributed by atoms with Gasteiger partial charge in [0.05, 0.1) is 18.7 Å². The molecule has 0 unspecified atom stereocenters. The Hall–Kier alpha value is -3.11. The van der Waals surface area contributed by atoms with Crippen molar-refractivity contribution in [3.8, 4) is 5.88 Å². The van der Waals surface area contributed by atoms with E-state index in [9.17, 15) is 27.6 Å². The molecule has 1 aliphatic heterocycles. The highest BCUT2D eigenvalue weighted by molar-refractivity contribution is 5.92. The van der Waals surface area contributed by atoms with E-state index in [1.165, 1.54) is 4.90 Å². The fourth-order valence-electron chi connectivity index (χ4n) is 2.25. The lowest BCUT2D eigenvalue weighted by atomic mass is 10.1. The maximum absolute atomic E-state index is 12.6. The van der Waals surface area contributed by atoms with E-state index in [4.69, 9.17) is 4.74 Å². The molecule has 3 rings (SSSR count). The van der Waals surface area contributed by atoms with Crippen LogP contribution in [0, 0.1) is 0 Å². The Morgan fingerprint density at radius 3 is 2.60 bits per heavy atom. The summed E-state index contributed by atoms with van der Waals surface area (Å²) in [6, 6.07) is 2.55. The summed E-state index contributed by atoms with van der Waals surface area (Å²) in [7, 11) is 0. The molecule has 0 bridgehead atoms. The van der Waals surface area contributed by atoms with Gasteiger partial charge in [0.1, 0.15) is 11.8 Å². The molecule has 0 saturated carbocycles. The molecule has 25 heavy (non-hydrogen) atoms. The number of carbonyl (C=O) groups excluding carboxylic acids is 1. The number of nitrogens with one attached hydrogen (secondary N) is 2. The van der Waals surface area contributed by atoms with E-state index >= 15 is 0 Å². The van der Waals surface area contributed by atoms with Crippen LogP contribution in [0.25, 0.3) is 0 Å². The molecule has 132 valence electrons. The van der Waals surface area contributed by atoms with Crippen molar-refractivity contribution in [2.75, 3.05) is 13.1 Å². The molecule has 2 aromatic rings. The van der Waals surface area contributed by atoms with Gasteiger partial charge in [-0.1, -0.05) is 0 Å². The van der Waals surface area contributed by atoms with Gasteiger partial charge in [-0.15, -0.1) is 0 Å². The zero-order valence-corrected chi connectivity index (χ0v) is 12.5. The number of H-pyrrole nitrogens is 2. The number of pyridine rings is 1. The van der Waals surface area contributed by atoms with Gasteiger partial charge in [0.2, 0.25) is 5.88 Å². The van der Waals surface area contributed by atoms with Crippen LogP contribution in [-0.4, -0.2) is 45.0 Å². The Bertz CT molecular complexity index is 887. The number of aromatic nitrogens is 3. The van der Waals surface area contributed by atoms with Gasteiger partial charge in [-0.25, -0.2) is 9.78 Å². The van der Waals surface area contributed by atoms with Crippen LogP contribution in [0.5, 0.6) is 5.88 Å². The minimum atomic E-state index is -4.51. The number of hydrogen-bond donors (Lipinski definition) is 2. The Morgan fingerprint density at radius 2 is 1.96 bits per heavy atom. The fraction of sp³-hybridized carbons (Fsp3) is 0.286. The van der Waals surface area contributed by atoms with Crippen molar-refractivity contribution in [3.05, 3.63) is 56.5 Å². The molecule has 1 fully saturated rings. The van der Waals surface area contributed by atoms with Crippen LogP contribution in [0.4, 0.5) is 13.2 Å². The third-order valence-electron chi connectivity index (χ3n) is 3.48. The van der Waals surface area contributed by atoms with Crippen LogP contribution in [-0.2, 0) is 6.18 Å². The van der Waals surface area contributed by atoms with E-state index < -0.39 is 35.0 Å². The summed E-state index contributed by atoms with van der Waals surface area (Å²) in [5.41, 5.74) is -2.58. The molecule has 0 radical (unpaired) electrons. The average molecular weight is 356 g/mol. The second kappa shape index (κ2) is 6.07. The van der Waals surface area contributed by atoms with Gasteiger partial charge >= 0.3 is 11.9 Å². The van der Waals surface area contributed by atoms with E-state index in [1.807, 2.05) is 4.98 Å². The van der Waals surface area contributed by atoms with Gasteiger partial charge < -0.3 is 14.6 Å². The minimum absolute atomic E-state index is 0.0889. The number of alkyl halides is 3. The summed E-state index contributed by atoms with van der Waals surface area (Å²) in [5.74, 6) is -0.781. The van der Waals surface area contributed by atoms with E-state index in [2.05, 4.69) is 9.97 Å². The monoisotopic (exact) mass is 356 g/mol. The molecule has 0 spiro atoms. The van der Waals surface area contributed by atoms with Crippen LogP contribution in [0.15, 0.2) is 34.0 Å². The van der Waals surface area contributed by atoms with Gasteiger partial charge in [-0.2, -0.15) is 13.2 Å². The number of halogens is 3. The van der Waals surface area contributed by atoms with Crippen molar-refractivity contribution in [1.82, 2.24) is 19.9 Å². The lowest BCUT2D eigenvalue weighted by Crippen LogP contribution is -2.56. The van der Waals surface area contributed by atoms with Crippen LogP contribution in [0.2, 0.25) is 0 Å². The Balaban J connectivity index is 1.62. The predicted octanol–water partition coefficient (Wildman–Crippen LogP) is 0.380. The molecular weight excluding hydrogens is 345 g/mol. The first kappa shape index (κ1) is 16.7. The summed E-state index contributed by atoms with van der Waals surface area (Å²) >= 11 is 0. The van der Waals surface area contributed by atoms with Gasteiger partial charge in [0.25, 0.3) is 11.5 Å².